The molecule has 11 nitrogen and oxygen atoms in total. The van der Waals surface area contributed by atoms with Crippen molar-refractivity contribution < 1.29 is 14.7 Å². The fourth-order valence-electron chi connectivity index (χ4n) is 2.23. The molecule has 0 bridgehead atoms. The highest BCUT2D eigenvalue weighted by molar-refractivity contribution is 9.11. The van der Waals surface area contributed by atoms with Gasteiger partial charge in [-0.1, -0.05) is 7.43 Å². The second-order valence-corrected chi connectivity index (χ2v) is 10.6. The molecule has 34 heavy (non-hydrogen) atoms. The van der Waals surface area contributed by atoms with Crippen molar-refractivity contribution >= 4 is 77.8 Å². The van der Waals surface area contributed by atoms with Gasteiger partial charge in [0.15, 0.2) is 13.5 Å². The lowest BCUT2D eigenvalue weighted by atomic mass is 10.3. The number of thiazole rings is 2. The van der Waals surface area contributed by atoms with Gasteiger partial charge in [-0.05, 0) is 45.7 Å². The van der Waals surface area contributed by atoms with E-state index in [4.69, 9.17) is 10.8 Å². The third kappa shape index (κ3) is 8.96. The Hall–Kier alpha value is -2.62. The Bertz CT molecular complexity index is 1230. The minimum absolute atomic E-state index is 0. The molecule has 0 spiro atoms. The average molecular weight is 636 g/mol. The molecule has 1 amide bonds. The Labute approximate surface area is 221 Å². The summed E-state index contributed by atoms with van der Waals surface area (Å²) < 4.78 is 4.65. The van der Waals surface area contributed by atoms with Crippen molar-refractivity contribution in [2.24, 2.45) is 14.1 Å². The lowest BCUT2D eigenvalue weighted by Crippen LogP contribution is -2.12. The van der Waals surface area contributed by atoms with Crippen molar-refractivity contribution in [2.45, 2.75) is 21.3 Å². The first-order valence-electron chi connectivity index (χ1n) is 8.99. The quantitative estimate of drug-likeness (QED) is 0.291. The third-order valence-corrected chi connectivity index (χ3v) is 6.45. The van der Waals surface area contributed by atoms with Crippen molar-refractivity contribution in [3.63, 3.8) is 0 Å². The van der Waals surface area contributed by atoms with Gasteiger partial charge in [-0.15, -0.1) is 22.7 Å². The highest BCUT2D eigenvalue weighted by Gasteiger charge is 2.12. The van der Waals surface area contributed by atoms with Gasteiger partial charge in [0, 0.05) is 37.2 Å². The zero-order valence-corrected chi connectivity index (χ0v) is 22.7. The van der Waals surface area contributed by atoms with Crippen LogP contribution in [0.5, 0.6) is 0 Å². The number of aromatic nitrogens is 6. The molecule has 184 valence electrons. The zero-order chi connectivity index (χ0) is 24.7. The number of amides is 1. The van der Waals surface area contributed by atoms with Crippen LogP contribution in [0, 0.1) is 13.8 Å². The summed E-state index contributed by atoms with van der Waals surface area (Å²) in [6.07, 6.45) is 3.55. The van der Waals surface area contributed by atoms with E-state index in [9.17, 15) is 9.59 Å². The molecule has 0 aromatic carbocycles. The van der Waals surface area contributed by atoms with Crippen molar-refractivity contribution in [3.05, 3.63) is 53.8 Å². The predicted octanol–water partition coefficient (Wildman–Crippen LogP) is 4.75. The number of nitrogens with two attached hydrogens (primary N) is 1. The van der Waals surface area contributed by atoms with Crippen LogP contribution in [0.1, 0.15) is 39.8 Å². The normalized spacial score (nSPS) is 9.71. The van der Waals surface area contributed by atoms with E-state index in [1.54, 1.807) is 27.1 Å². The van der Waals surface area contributed by atoms with Crippen LogP contribution >= 0.6 is 54.5 Å². The average Bonchev–Trinajstić information content (AvgIpc) is 3.48. The summed E-state index contributed by atoms with van der Waals surface area (Å²) in [6.45, 7) is 3.72. The molecule has 4 rings (SSSR count). The van der Waals surface area contributed by atoms with Crippen LogP contribution in [0.3, 0.4) is 0 Å². The van der Waals surface area contributed by atoms with Gasteiger partial charge in [0.2, 0.25) is 0 Å². The number of anilines is 2. The third-order valence-electron chi connectivity index (χ3n) is 3.72. The number of aromatic carboxylic acids is 1. The van der Waals surface area contributed by atoms with E-state index in [-0.39, 0.29) is 19.0 Å². The van der Waals surface area contributed by atoms with E-state index in [2.05, 4.69) is 57.3 Å². The highest BCUT2D eigenvalue weighted by atomic mass is 79.9. The van der Waals surface area contributed by atoms with Gasteiger partial charge in [-0.25, -0.2) is 14.8 Å². The number of carboxylic acid groups (broad SMARTS) is 1. The lowest BCUT2D eigenvalue weighted by molar-refractivity contribution is 0.0691. The van der Waals surface area contributed by atoms with E-state index >= 15 is 0 Å². The molecule has 0 unspecified atom stereocenters. The van der Waals surface area contributed by atoms with Gasteiger partial charge in [-0.2, -0.15) is 10.2 Å². The van der Waals surface area contributed by atoms with Crippen LogP contribution in [0.2, 0.25) is 0 Å². The summed E-state index contributed by atoms with van der Waals surface area (Å²) in [5.74, 6) is -1.21. The maximum Gasteiger partial charge on any atom is 0.355 e. The molecule has 0 fully saturated rings. The van der Waals surface area contributed by atoms with Crippen molar-refractivity contribution in [1.82, 2.24) is 29.5 Å². The van der Waals surface area contributed by atoms with E-state index < -0.39 is 5.97 Å². The predicted molar refractivity (Wildman–Crippen MR) is 142 cm³/mol. The molecular formula is C19H24Br2N8O3S2. The molecular weight excluding hydrogens is 612 g/mol. The smallest absolute Gasteiger partial charge is 0.355 e. The maximum absolute atomic E-state index is 11.8. The second-order valence-electron chi connectivity index (χ2n) is 6.38. The van der Waals surface area contributed by atoms with Crippen molar-refractivity contribution in [3.8, 4) is 0 Å². The molecule has 0 radical (unpaired) electrons. The molecule has 4 N–H and O–H groups in total. The van der Waals surface area contributed by atoms with Crippen molar-refractivity contribution in [1.29, 1.82) is 0 Å². The zero-order valence-electron chi connectivity index (χ0n) is 17.9. The first-order valence-corrected chi connectivity index (χ1v) is 12.3. The molecule has 0 saturated heterocycles. The number of hydrogen-bond donors (Lipinski definition) is 3. The van der Waals surface area contributed by atoms with Crippen LogP contribution in [0.4, 0.5) is 11.4 Å². The molecule has 0 aliphatic rings. The van der Waals surface area contributed by atoms with Crippen LogP contribution < -0.4 is 11.1 Å². The summed E-state index contributed by atoms with van der Waals surface area (Å²) >= 11 is 8.89. The molecule has 15 heteroatoms. The summed E-state index contributed by atoms with van der Waals surface area (Å²) in [7, 11) is 3.66. The largest absolute Gasteiger partial charge is 0.476 e. The topological polar surface area (TPSA) is 154 Å². The molecule has 4 aromatic heterocycles. The number of nitrogens with zero attached hydrogens (tertiary/aromatic N) is 6. The molecule has 4 aromatic rings. The number of carboxylic acids is 1. The number of nitrogens with one attached hydrogen (secondary N) is 1. The first-order chi connectivity index (χ1) is 15.5. The van der Waals surface area contributed by atoms with Crippen LogP contribution in [0.15, 0.2) is 31.0 Å². The molecule has 0 aliphatic heterocycles. The maximum atomic E-state index is 11.8. The second kappa shape index (κ2) is 13.3. The Morgan fingerprint density at radius 3 is 1.76 bits per heavy atom. The Balaban J connectivity index is 0.000000274. The Morgan fingerprint density at radius 2 is 1.47 bits per heavy atom. The monoisotopic (exact) mass is 634 g/mol. The number of carbonyl (C=O) groups is 2. The van der Waals surface area contributed by atoms with E-state index in [1.807, 2.05) is 27.9 Å². The van der Waals surface area contributed by atoms with Gasteiger partial charge in [0.05, 0.1) is 22.8 Å². The summed E-state index contributed by atoms with van der Waals surface area (Å²) in [5, 5.41) is 22.4. The summed E-state index contributed by atoms with van der Waals surface area (Å²) in [5.41, 5.74) is 9.09. The number of halogens is 2. The number of nitrogen functional groups attached to an aromatic ring is 1. The molecule has 4 heterocycles. The van der Waals surface area contributed by atoms with Gasteiger partial charge in [-0.3, -0.25) is 14.2 Å². The number of rotatable bonds is 3. The van der Waals surface area contributed by atoms with Gasteiger partial charge in [0.25, 0.3) is 5.91 Å². The molecule has 0 aliphatic carbocycles. The van der Waals surface area contributed by atoms with Gasteiger partial charge >= 0.3 is 5.97 Å². The molecule has 0 atom stereocenters. The fraction of sp³-hybridized carbons (Fsp3) is 0.263. The molecule has 0 saturated carbocycles. The van der Waals surface area contributed by atoms with Gasteiger partial charge in [0.1, 0.15) is 5.69 Å². The highest BCUT2D eigenvalue weighted by Crippen LogP contribution is 2.18. The Kier molecular flexibility index (Phi) is 11.5. The lowest BCUT2D eigenvalue weighted by Gasteiger charge is -1.99. The fourth-order valence-corrected chi connectivity index (χ4v) is 4.21. The minimum atomic E-state index is -0.989. The van der Waals surface area contributed by atoms with E-state index in [0.717, 1.165) is 17.1 Å². The Morgan fingerprint density at radius 1 is 0.971 bits per heavy atom. The van der Waals surface area contributed by atoms with Gasteiger partial charge < -0.3 is 16.2 Å². The standard InChI is InChI=1S/C9H9BrN4OS.C5H9N3.C4H2BrNO2S.CH4/c1-5-6(3-14(2)13-5)11-8(15)7-4-16-9(10)12-7;1-4-5(6)3-8(2)7-4;5-4-6-2(1-9-4)3(7)8;/h3-4H,1-2H3,(H,11,15);3H,6H2,1-2H3;1H,(H,7,8);1H4. The number of carbonyl (C=O) groups excluding carboxylic acids is 1. The van der Waals surface area contributed by atoms with Crippen molar-refractivity contribution in [2.75, 3.05) is 11.1 Å². The van der Waals surface area contributed by atoms with Crippen LogP contribution in [-0.2, 0) is 14.1 Å². The summed E-state index contributed by atoms with van der Waals surface area (Å²) in [6, 6.07) is 0. The summed E-state index contributed by atoms with van der Waals surface area (Å²) in [4.78, 5) is 29.6. The number of hydrogen-bond acceptors (Lipinski definition) is 9. The van der Waals surface area contributed by atoms with E-state index in [1.165, 1.54) is 28.1 Å². The first kappa shape index (κ1) is 29.4. The minimum Gasteiger partial charge on any atom is -0.476 e. The van der Waals surface area contributed by atoms with E-state index in [0.29, 0.717) is 19.2 Å². The van der Waals surface area contributed by atoms with Crippen LogP contribution in [-0.4, -0.2) is 46.5 Å². The SMILES string of the molecule is C.Cc1nn(C)cc1N.Cc1nn(C)cc1NC(=O)c1csc(Br)n1.O=C(O)c1csc(Br)n1. The number of aryl methyl sites for hydroxylation is 4. The van der Waals surface area contributed by atoms with Crippen LogP contribution in [0.25, 0.3) is 0 Å².